The van der Waals surface area contributed by atoms with Crippen LogP contribution in [0.2, 0.25) is 0 Å². The summed E-state index contributed by atoms with van der Waals surface area (Å²) in [6.07, 6.45) is 0.149. The lowest BCUT2D eigenvalue weighted by Crippen LogP contribution is -2.09. The van der Waals surface area contributed by atoms with Crippen molar-refractivity contribution in [2.75, 3.05) is 20.8 Å². The van der Waals surface area contributed by atoms with E-state index in [1.165, 1.54) is 0 Å². The smallest absolute Gasteiger partial charge is 0.203 e. The van der Waals surface area contributed by atoms with E-state index >= 15 is 0 Å². The molecule has 5 nitrogen and oxygen atoms in total. The molecule has 18 heavy (non-hydrogen) atoms. The van der Waals surface area contributed by atoms with Crippen LogP contribution < -0.4 is 19.9 Å². The monoisotopic (exact) mass is 255 g/mol. The van der Waals surface area contributed by atoms with E-state index in [0.717, 1.165) is 5.56 Å². The van der Waals surface area contributed by atoms with Crippen LogP contribution in [0.5, 0.6) is 17.2 Å². The van der Waals surface area contributed by atoms with E-state index in [0.29, 0.717) is 36.8 Å². The van der Waals surface area contributed by atoms with Crippen LogP contribution in [-0.2, 0) is 6.54 Å². The maximum Gasteiger partial charge on any atom is 0.203 e. The van der Waals surface area contributed by atoms with Crippen molar-refractivity contribution >= 4 is 0 Å². The number of methoxy groups -OCH3 is 2. The number of hydrogen-bond donors (Lipinski definition) is 2. The molecule has 0 amide bonds. The molecule has 3 N–H and O–H groups in total. The minimum absolute atomic E-state index is 0.395. The average Bonchev–Trinajstić information content (AvgIpc) is 2.37. The van der Waals surface area contributed by atoms with Crippen LogP contribution in [0, 0.1) is 0 Å². The van der Waals surface area contributed by atoms with Gasteiger partial charge in [0.05, 0.1) is 26.9 Å². The third-order valence-electron chi connectivity index (χ3n) is 2.54. The number of aliphatic hydroxyl groups excluding tert-OH is 1. The predicted molar refractivity (Wildman–Crippen MR) is 69.2 cm³/mol. The zero-order chi connectivity index (χ0) is 13.5. The molecule has 0 heterocycles. The van der Waals surface area contributed by atoms with E-state index < -0.39 is 6.10 Å². The minimum atomic E-state index is -0.398. The molecule has 0 aliphatic heterocycles. The lowest BCUT2D eigenvalue weighted by atomic mass is 10.2. The van der Waals surface area contributed by atoms with Gasteiger partial charge in [-0.2, -0.15) is 0 Å². The van der Waals surface area contributed by atoms with Gasteiger partial charge in [0.2, 0.25) is 5.75 Å². The van der Waals surface area contributed by atoms with Crippen LogP contribution in [0.25, 0.3) is 0 Å². The molecule has 0 bridgehead atoms. The second-order valence-corrected chi connectivity index (χ2v) is 4.02. The molecule has 0 spiro atoms. The van der Waals surface area contributed by atoms with Gasteiger partial charge in [-0.15, -0.1) is 0 Å². The van der Waals surface area contributed by atoms with Gasteiger partial charge >= 0.3 is 0 Å². The van der Waals surface area contributed by atoms with Gasteiger partial charge in [-0.1, -0.05) is 0 Å². The third kappa shape index (κ3) is 3.78. The van der Waals surface area contributed by atoms with Crippen molar-refractivity contribution in [3.05, 3.63) is 17.7 Å². The Morgan fingerprint density at radius 1 is 1.22 bits per heavy atom. The van der Waals surface area contributed by atoms with E-state index in [1.807, 2.05) is 12.1 Å². The van der Waals surface area contributed by atoms with Gasteiger partial charge in [0.25, 0.3) is 0 Å². The number of hydrogen-bond acceptors (Lipinski definition) is 5. The Hall–Kier alpha value is -1.46. The highest BCUT2D eigenvalue weighted by atomic mass is 16.5. The normalized spacial score (nSPS) is 12.1. The zero-order valence-electron chi connectivity index (χ0n) is 11.1. The first-order valence-corrected chi connectivity index (χ1v) is 5.88. The first-order valence-electron chi connectivity index (χ1n) is 5.88. The molecule has 0 aliphatic rings. The van der Waals surface area contributed by atoms with Crippen LogP contribution in [0.15, 0.2) is 12.1 Å². The molecule has 1 atom stereocenters. The van der Waals surface area contributed by atoms with Crippen molar-refractivity contribution in [3.63, 3.8) is 0 Å². The largest absolute Gasteiger partial charge is 0.493 e. The van der Waals surface area contributed by atoms with Gasteiger partial charge in [0, 0.05) is 13.0 Å². The molecule has 1 unspecified atom stereocenters. The van der Waals surface area contributed by atoms with Gasteiger partial charge in [-0.3, -0.25) is 0 Å². The van der Waals surface area contributed by atoms with Gasteiger partial charge in [-0.25, -0.2) is 0 Å². The van der Waals surface area contributed by atoms with Gasteiger partial charge < -0.3 is 25.1 Å². The second kappa shape index (κ2) is 7.08. The molecule has 1 aromatic carbocycles. The summed E-state index contributed by atoms with van der Waals surface area (Å²) >= 11 is 0. The lowest BCUT2D eigenvalue weighted by molar-refractivity contribution is 0.152. The summed E-state index contributed by atoms with van der Waals surface area (Å²) in [5.41, 5.74) is 6.51. The minimum Gasteiger partial charge on any atom is -0.493 e. The van der Waals surface area contributed by atoms with E-state index in [2.05, 4.69) is 0 Å². The van der Waals surface area contributed by atoms with Crippen molar-refractivity contribution < 1.29 is 19.3 Å². The maximum absolute atomic E-state index is 9.21. The Balaban J connectivity index is 2.92. The first kappa shape index (κ1) is 14.6. The first-order chi connectivity index (χ1) is 8.62. The third-order valence-corrected chi connectivity index (χ3v) is 2.54. The van der Waals surface area contributed by atoms with Gasteiger partial charge in [0.15, 0.2) is 11.5 Å². The summed E-state index contributed by atoms with van der Waals surface area (Å²) < 4.78 is 16.1. The molecule has 0 saturated carbocycles. The molecule has 5 heteroatoms. The zero-order valence-corrected chi connectivity index (χ0v) is 11.1. The molecule has 0 radical (unpaired) electrons. The standard InChI is InChI=1S/C13H21NO4/c1-9(15)4-5-18-13-11(16-2)6-10(8-14)7-12(13)17-3/h6-7,9,15H,4-5,8,14H2,1-3H3. The van der Waals surface area contributed by atoms with Crippen molar-refractivity contribution in [3.8, 4) is 17.2 Å². The summed E-state index contributed by atoms with van der Waals surface area (Å²) in [4.78, 5) is 0. The Bertz CT molecular complexity index is 354. The molecule has 0 aliphatic carbocycles. The van der Waals surface area contributed by atoms with E-state index in [1.54, 1.807) is 21.1 Å². The fraction of sp³-hybridized carbons (Fsp3) is 0.538. The predicted octanol–water partition coefficient (Wildman–Crippen LogP) is 1.31. The summed E-state index contributed by atoms with van der Waals surface area (Å²) in [7, 11) is 3.13. The van der Waals surface area contributed by atoms with E-state index in [9.17, 15) is 5.11 Å². The average molecular weight is 255 g/mol. The molecule has 0 aromatic heterocycles. The van der Waals surface area contributed by atoms with Gasteiger partial charge in [-0.05, 0) is 24.6 Å². The van der Waals surface area contributed by atoms with E-state index in [4.69, 9.17) is 19.9 Å². The molecule has 0 fully saturated rings. The fourth-order valence-corrected chi connectivity index (χ4v) is 1.53. The van der Waals surface area contributed by atoms with Crippen molar-refractivity contribution in [2.24, 2.45) is 5.73 Å². The van der Waals surface area contributed by atoms with Crippen molar-refractivity contribution in [2.45, 2.75) is 26.0 Å². The number of nitrogens with two attached hydrogens (primary N) is 1. The van der Waals surface area contributed by atoms with Crippen molar-refractivity contribution in [1.29, 1.82) is 0 Å². The highest BCUT2D eigenvalue weighted by Gasteiger charge is 2.14. The number of aliphatic hydroxyl groups is 1. The Labute approximate surface area is 107 Å². The van der Waals surface area contributed by atoms with Crippen LogP contribution in [-0.4, -0.2) is 32.0 Å². The molecule has 1 rings (SSSR count). The van der Waals surface area contributed by atoms with Crippen molar-refractivity contribution in [1.82, 2.24) is 0 Å². The lowest BCUT2D eigenvalue weighted by Gasteiger charge is -2.16. The molecule has 1 aromatic rings. The molecule has 0 saturated heterocycles. The highest BCUT2D eigenvalue weighted by Crippen LogP contribution is 2.38. The number of rotatable bonds is 7. The molecular weight excluding hydrogens is 234 g/mol. The van der Waals surface area contributed by atoms with E-state index in [-0.39, 0.29) is 0 Å². The SMILES string of the molecule is COc1cc(CN)cc(OC)c1OCCC(C)O. The maximum atomic E-state index is 9.21. The van der Waals surface area contributed by atoms with Gasteiger partial charge in [0.1, 0.15) is 0 Å². The number of ether oxygens (including phenoxy) is 3. The quantitative estimate of drug-likeness (QED) is 0.768. The second-order valence-electron chi connectivity index (χ2n) is 4.02. The highest BCUT2D eigenvalue weighted by molar-refractivity contribution is 5.53. The molecular formula is C13H21NO4. The van der Waals surface area contributed by atoms with Crippen LogP contribution in [0.4, 0.5) is 0 Å². The summed E-state index contributed by atoms with van der Waals surface area (Å²) in [5.74, 6) is 1.71. The van der Waals surface area contributed by atoms with Crippen LogP contribution in [0.3, 0.4) is 0 Å². The fourth-order valence-electron chi connectivity index (χ4n) is 1.53. The molecule has 102 valence electrons. The Kier molecular flexibility index (Phi) is 5.74. The Morgan fingerprint density at radius 2 is 1.78 bits per heavy atom. The van der Waals surface area contributed by atoms with Crippen LogP contribution in [0.1, 0.15) is 18.9 Å². The summed E-state index contributed by atoms with van der Waals surface area (Å²) in [6, 6.07) is 3.64. The van der Waals surface area contributed by atoms with Crippen LogP contribution >= 0.6 is 0 Å². The summed E-state index contributed by atoms with van der Waals surface area (Å²) in [5, 5.41) is 9.21. The summed E-state index contributed by atoms with van der Waals surface area (Å²) in [6.45, 7) is 2.52. The Morgan fingerprint density at radius 3 is 2.17 bits per heavy atom. The topological polar surface area (TPSA) is 73.9 Å². The number of benzene rings is 1.